The van der Waals surface area contributed by atoms with Gasteiger partial charge in [0.1, 0.15) is 12.4 Å². The van der Waals surface area contributed by atoms with Crippen LogP contribution in [0.3, 0.4) is 0 Å². The highest BCUT2D eigenvalue weighted by Crippen LogP contribution is 2.27. The molecule has 0 radical (unpaired) electrons. The second-order valence-electron chi connectivity index (χ2n) is 4.44. The SMILES string of the molecule is CC(N)(C(=O)NCCCOCc1ccco1)C(F)(F)F. The minimum atomic E-state index is -4.78. The number of carbonyl (C=O) groups is 1. The van der Waals surface area contributed by atoms with Crippen LogP contribution in [0.15, 0.2) is 22.8 Å². The van der Waals surface area contributed by atoms with Gasteiger partial charge in [-0.25, -0.2) is 0 Å². The van der Waals surface area contributed by atoms with Gasteiger partial charge in [-0.15, -0.1) is 0 Å². The number of nitrogens with one attached hydrogen (secondary N) is 1. The van der Waals surface area contributed by atoms with Crippen LogP contribution in [-0.4, -0.2) is 30.8 Å². The smallest absolute Gasteiger partial charge is 0.415 e. The van der Waals surface area contributed by atoms with Crippen molar-refractivity contribution in [1.29, 1.82) is 0 Å². The predicted octanol–water partition coefficient (Wildman–Crippen LogP) is 1.58. The van der Waals surface area contributed by atoms with Gasteiger partial charge in [0.2, 0.25) is 5.91 Å². The van der Waals surface area contributed by atoms with Crippen LogP contribution in [0, 0.1) is 0 Å². The van der Waals surface area contributed by atoms with Crippen LogP contribution in [-0.2, 0) is 16.1 Å². The summed E-state index contributed by atoms with van der Waals surface area (Å²) in [5, 5.41) is 2.14. The fourth-order valence-electron chi connectivity index (χ4n) is 1.26. The van der Waals surface area contributed by atoms with E-state index >= 15 is 0 Å². The van der Waals surface area contributed by atoms with Crippen LogP contribution in [0.2, 0.25) is 0 Å². The molecule has 1 aromatic rings. The molecular formula is C12H17F3N2O3. The molecule has 8 heteroatoms. The predicted molar refractivity (Wildman–Crippen MR) is 64.6 cm³/mol. The highest BCUT2D eigenvalue weighted by molar-refractivity contribution is 5.86. The maximum absolute atomic E-state index is 12.4. The van der Waals surface area contributed by atoms with Gasteiger partial charge in [0.25, 0.3) is 0 Å². The molecule has 1 amide bonds. The van der Waals surface area contributed by atoms with Crippen molar-refractivity contribution in [1.82, 2.24) is 5.32 Å². The first-order chi connectivity index (χ1) is 9.25. The molecule has 1 aromatic heterocycles. The normalized spacial score (nSPS) is 14.8. The highest BCUT2D eigenvalue weighted by Gasteiger charge is 2.53. The Bertz CT molecular complexity index is 416. The van der Waals surface area contributed by atoms with Crippen molar-refractivity contribution in [3.8, 4) is 0 Å². The zero-order valence-electron chi connectivity index (χ0n) is 11.0. The van der Waals surface area contributed by atoms with E-state index in [1.165, 1.54) is 6.26 Å². The highest BCUT2D eigenvalue weighted by atomic mass is 19.4. The first-order valence-electron chi connectivity index (χ1n) is 5.99. The Balaban J connectivity index is 2.16. The Hall–Kier alpha value is -1.54. The van der Waals surface area contributed by atoms with E-state index in [0.29, 0.717) is 19.1 Å². The van der Waals surface area contributed by atoms with Gasteiger partial charge in [0.05, 0.1) is 6.26 Å². The average molecular weight is 294 g/mol. The van der Waals surface area contributed by atoms with Crippen molar-refractivity contribution in [2.45, 2.75) is 31.7 Å². The summed E-state index contributed by atoms with van der Waals surface area (Å²) >= 11 is 0. The molecule has 0 aliphatic carbocycles. The van der Waals surface area contributed by atoms with Gasteiger partial charge in [-0.1, -0.05) is 0 Å². The molecule has 5 nitrogen and oxygen atoms in total. The molecule has 114 valence electrons. The Labute approximate surface area is 114 Å². The largest absolute Gasteiger partial charge is 0.467 e. The van der Waals surface area contributed by atoms with Gasteiger partial charge in [0.15, 0.2) is 5.54 Å². The summed E-state index contributed by atoms with van der Waals surface area (Å²) in [4.78, 5) is 11.3. The molecule has 0 aliphatic heterocycles. The molecule has 0 saturated carbocycles. The molecule has 0 saturated heterocycles. The fourth-order valence-corrected chi connectivity index (χ4v) is 1.26. The summed E-state index contributed by atoms with van der Waals surface area (Å²) in [6.45, 7) is 1.25. The second-order valence-corrected chi connectivity index (χ2v) is 4.44. The van der Waals surface area contributed by atoms with Gasteiger partial charge in [-0.2, -0.15) is 13.2 Å². The summed E-state index contributed by atoms with van der Waals surface area (Å²) in [6, 6.07) is 3.46. The van der Waals surface area contributed by atoms with Crippen molar-refractivity contribution >= 4 is 5.91 Å². The lowest BCUT2D eigenvalue weighted by Crippen LogP contribution is -2.61. The summed E-state index contributed by atoms with van der Waals surface area (Å²) < 4.78 is 47.6. The first kappa shape index (κ1) is 16.5. The minimum absolute atomic E-state index is 0.0554. The second kappa shape index (κ2) is 6.76. The third kappa shape index (κ3) is 4.53. The van der Waals surface area contributed by atoms with Crippen molar-refractivity contribution < 1.29 is 27.1 Å². The van der Waals surface area contributed by atoms with Gasteiger partial charge in [-0.05, 0) is 25.5 Å². The van der Waals surface area contributed by atoms with Gasteiger partial charge >= 0.3 is 6.18 Å². The third-order valence-corrected chi connectivity index (χ3v) is 2.64. The topological polar surface area (TPSA) is 77.5 Å². The summed E-state index contributed by atoms with van der Waals surface area (Å²) in [6.07, 6.45) is -2.90. The number of alkyl halides is 3. The first-order valence-corrected chi connectivity index (χ1v) is 5.99. The van der Waals surface area contributed by atoms with Crippen LogP contribution in [0.1, 0.15) is 19.1 Å². The minimum Gasteiger partial charge on any atom is -0.467 e. The lowest BCUT2D eigenvalue weighted by molar-refractivity contribution is -0.187. The van der Waals surface area contributed by atoms with Crippen LogP contribution in [0.25, 0.3) is 0 Å². The lowest BCUT2D eigenvalue weighted by atomic mass is 10.0. The van der Waals surface area contributed by atoms with E-state index in [-0.39, 0.29) is 19.8 Å². The molecule has 0 bridgehead atoms. The molecule has 0 fully saturated rings. The van der Waals surface area contributed by atoms with Gasteiger partial charge < -0.3 is 20.2 Å². The summed E-state index contributed by atoms with van der Waals surface area (Å²) in [5.41, 5.74) is 2.07. The van der Waals surface area contributed by atoms with Gasteiger partial charge in [0, 0.05) is 13.2 Å². The van der Waals surface area contributed by atoms with Crippen molar-refractivity contribution in [2.24, 2.45) is 5.73 Å². The maximum atomic E-state index is 12.4. The Morgan fingerprint density at radius 2 is 2.20 bits per heavy atom. The van der Waals surface area contributed by atoms with Crippen LogP contribution in [0.4, 0.5) is 13.2 Å². The number of ether oxygens (including phenoxy) is 1. The van der Waals surface area contributed by atoms with E-state index in [2.05, 4.69) is 5.32 Å². The van der Waals surface area contributed by atoms with E-state index in [9.17, 15) is 18.0 Å². The number of hydrogen-bond acceptors (Lipinski definition) is 4. The van der Waals surface area contributed by atoms with E-state index in [0.717, 1.165) is 0 Å². The number of furan rings is 1. The number of amides is 1. The molecule has 3 N–H and O–H groups in total. The zero-order valence-corrected chi connectivity index (χ0v) is 11.0. The van der Waals surface area contributed by atoms with Crippen molar-refractivity contribution in [2.75, 3.05) is 13.2 Å². The molecule has 1 atom stereocenters. The molecular weight excluding hydrogens is 277 g/mol. The average Bonchev–Trinajstić information content (AvgIpc) is 2.84. The summed E-state index contributed by atoms with van der Waals surface area (Å²) in [7, 11) is 0. The molecule has 1 unspecified atom stereocenters. The number of carbonyl (C=O) groups excluding carboxylic acids is 1. The van der Waals surface area contributed by atoms with Crippen molar-refractivity contribution in [3.63, 3.8) is 0 Å². The van der Waals surface area contributed by atoms with Crippen LogP contribution < -0.4 is 11.1 Å². The quantitative estimate of drug-likeness (QED) is 0.749. The Morgan fingerprint density at radius 1 is 1.50 bits per heavy atom. The van der Waals surface area contributed by atoms with E-state index in [1.54, 1.807) is 12.1 Å². The monoisotopic (exact) mass is 294 g/mol. The van der Waals surface area contributed by atoms with E-state index in [4.69, 9.17) is 14.9 Å². The van der Waals surface area contributed by atoms with Crippen molar-refractivity contribution in [3.05, 3.63) is 24.2 Å². The summed E-state index contributed by atoms with van der Waals surface area (Å²) in [5.74, 6) is -0.600. The number of rotatable bonds is 7. The zero-order chi connectivity index (χ0) is 15.2. The number of halogens is 3. The number of nitrogens with two attached hydrogens (primary N) is 1. The third-order valence-electron chi connectivity index (χ3n) is 2.64. The molecule has 0 spiro atoms. The number of hydrogen-bond donors (Lipinski definition) is 2. The molecule has 1 rings (SSSR count). The van der Waals surface area contributed by atoms with Crippen LogP contribution >= 0.6 is 0 Å². The molecule has 1 heterocycles. The Kier molecular flexibility index (Phi) is 5.58. The lowest BCUT2D eigenvalue weighted by Gasteiger charge is -2.26. The maximum Gasteiger partial charge on any atom is 0.415 e. The van der Waals surface area contributed by atoms with Gasteiger partial charge in [-0.3, -0.25) is 4.79 Å². The van der Waals surface area contributed by atoms with Crippen LogP contribution in [0.5, 0.6) is 0 Å². The molecule has 0 aromatic carbocycles. The van der Waals surface area contributed by atoms with E-state index in [1.807, 2.05) is 0 Å². The molecule has 20 heavy (non-hydrogen) atoms. The molecule has 0 aliphatic rings. The Morgan fingerprint density at radius 3 is 2.75 bits per heavy atom. The standard InChI is InChI=1S/C12H17F3N2O3/c1-11(16,12(13,14)15)10(18)17-5-3-6-19-8-9-4-2-7-20-9/h2,4,7H,3,5-6,8,16H2,1H3,(H,17,18). The van der Waals surface area contributed by atoms with E-state index < -0.39 is 17.6 Å². The fraction of sp³-hybridized carbons (Fsp3) is 0.583.